The van der Waals surface area contributed by atoms with E-state index in [0.29, 0.717) is 0 Å². The van der Waals surface area contributed by atoms with Crippen LogP contribution < -0.4 is 5.32 Å². The summed E-state index contributed by atoms with van der Waals surface area (Å²) in [7, 11) is 0. The highest BCUT2D eigenvalue weighted by Gasteiger charge is 2.30. The minimum Gasteiger partial charge on any atom is -0.478 e. The fraction of sp³-hybridized carbons (Fsp3) is 0.333. The van der Waals surface area contributed by atoms with E-state index in [1.165, 1.54) is 0 Å². The van der Waals surface area contributed by atoms with Crippen LogP contribution in [0, 0.1) is 5.92 Å². The summed E-state index contributed by atoms with van der Waals surface area (Å²) >= 11 is 0. The Hall–Kier alpha value is -2.10. The molecule has 0 aromatic heterocycles. The summed E-state index contributed by atoms with van der Waals surface area (Å²) < 4.78 is 0. The summed E-state index contributed by atoms with van der Waals surface area (Å²) in [5.41, 5.74) is 1.84. The van der Waals surface area contributed by atoms with Crippen molar-refractivity contribution in [2.24, 2.45) is 5.92 Å². The number of carbonyl (C=O) groups is 2. The predicted molar refractivity (Wildman–Crippen MR) is 72.4 cm³/mol. The average Bonchev–Trinajstić information content (AvgIpc) is 3.21. The third kappa shape index (κ3) is 3.95. The van der Waals surface area contributed by atoms with Gasteiger partial charge in [-0.3, -0.25) is 4.79 Å². The zero-order valence-corrected chi connectivity index (χ0v) is 10.8. The lowest BCUT2D eigenvalue weighted by Gasteiger charge is -2.14. The Morgan fingerprint density at radius 3 is 2.47 bits per heavy atom. The molecule has 0 bridgehead atoms. The van der Waals surface area contributed by atoms with Gasteiger partial charge in [0.25, 0.3) is 0 Å². The lowest BCUT2D eigenvalue weighted by molar-refractivity contribution is -0.131. The summed E-state index contributed by atoms with van der Waals surface area (Å²) in [6, 6.07) is 7.47. The van der Waals surface area contributed by atoms with Crippen LogP contribution in [0.25, 0.3) is 6.08 Å². The Bertz CT molecular complexity index is 501. The highest BCUT2D eigenvalue weighted by atomic mass is 16.4. The first-order valence-corrected chi connectivity index (χ1v) is 6.37. The third-order valence-electron chi connectivity index (χ3n) is 3.16. The molecule has 2 N–H and O–H groups in total. The smallest absolute Gasteiger partial charge is 0.328 e. The fourth-order valence-corrected chi connectivity index (χ4v) is 1.82. The van der Waals surface area contributed by atoms with E-state index in [1.54, 1.807) is 6.08 Å². The monoisotopic (exact) mass is 259 g/mol. The molecule has 1 amide bonds. The van der Waals surface area contributed by atoms with E-state index in [1.807, 2.05) is 31.2 Å². The fourth-order valence-electron chi connectivity index (χ4n) is 1.82. The quantitative estimate of drug-likeness (QED) is 0.798. The van der Waals surface area contributed by atoms with Gasteiger partial charge in [0, 0.05) is 12.0 Å². The van der Waals surface area contributed by atoms with Gasteiger partial charge >= 0.3 is 5.97 Å². The van der Waals surface area contributed by atoms with Crippen LogP contribution in [0.5, 0.6) is 0 Å². The summed E-state index contributed by atoms with van der Waals surface area (Å²) in [5.74, 6) is -0.628. The minimum atomic E-state index is -0.964. The first-order chi connectivity index (χ1) is 9.06. The molecule has 0 aliphatic heterocycles. The van der Waals surface area contributed by atoms with Crippen LogP contribution in [-0.2, 0) is 9.59 Å². The van der Waals surface area contributed by atoms with Crippen molar-refractivity contribution in [3.63, 3.8) is 0 Å². The van der Waals surface area contributed by atoms with Crippen molar-refractivity contribution in [2.75, 3.05) is 0 Å². The highest BCUT2D eigenvalue weighted by Crippen LogP contribution is 2.29. The number of hydrogen-bond acceptors (Lipinski definition) is 2. The van der Waals surface area contributed by atoms with Gasteiger partial charge in [-0.15, -0.1) is 0 Å². The normalized spacial score (nSPS) is 16.3. The number of nitrogens with one attached hydrogen (secondary N) is 1. The molecule has 1 saturated carbocycles. The number of benzene rings is 1. The number of hydrogen-bond donors (Lipinski definition) is 2. The molecule has 100 valence electrons. The maximum absolute atomic E-state index is 11.6. The molecule has 0 heterocycles. The van der Waals surface area contributed by atoms with Crippen LogP contribution >= 0.6 is 0 Å². The zero-order valence-electron chi connectivity index (χ0n) is 10.8. The van der Waals surface area contributed by atoms with Crippen molar-refractivity contribution in [1.29, 1.82) is 0 Å². The van der Waals surface area contributed by atoms with E-state index in [9.17, 15) is 9.59 Å². The Balaban J connectivity index is 1.96. The van der Waals surface area contributed by atoms with E-state index >= 15 is 0 Å². The lowest BCUT2D eigenvalue weighted by atomic mass is 10.1. The molecular formula is C15H17NO3. The molecule has 0 saturated heterocycles. The van der Waals surface area contributed by atoms with E-state index in [0.717, 1.165) is 30.0 Å². The Kier molecular flexibility index (Phi) is 4.00. The first kappa shape index (κ1) is 13.3. The molecule has 0 spiro atoms. The number of carboxylic acids is 1. The van der Waals surface area contributed by atoms with E-state index in [-0.39, 0.29) is 17.9 Å². The molecule has 1 aliphatic carbocycles. The molecule has 0 radical (unpaired) electrons. The highest BCUT2D eigenvalue weighted by molar-refractivity contribution is 5.85. The van der Waals surface area contributed by atoms with E-state index in [4.69, 9.17) is 5.11 Å². The maximum atomic E-state index is 11.6. The largest absolute Gasteiger partial charge is 0.478 e. The van der Waals surface area contributed by atoms with Crippen LogP contribution in [0.4, 0.5) is 0 Å². The number of carboxylic acid groups (broad SMARTS) is 1. The zero-order chi connectivity index (χ0) is 13.8. The second kappa shape index (κ2) is 5.69. The van der Waals surface area contributed by atoms with Crippen LogP contribution in [0.15, 0.2) is 30.3 Å². The average molecular weight is 259 g/mol. The van der Waals surface area contributed by atoms with Gasteiger partial charge < -0.3 is 10.4 Å². The van der Waals surface area contributed by atoms with Crippen molar-refractivity contribution < 1.29 is 14.7 Å². The van der Waals surface area contributed by atoms with Gasteiger partial charge in [-0.1, -0.05) is 24.3 Å². The topological polar surface area (TPSA) is 66.4 Å². The first-order valence-electron chi connectivity index (χ1n) is 6.37. The Morgan fingerprint density at radius 2 is 1.95 bits per heavy atom. The van der Waals surface area contributed by atoms with Gasteiger partial charge in [0.05, 0.1) is 6.04 Å². The number of amides is 1. The van der Waals surface area contributed by atoms with E-state index < -0.39 is 5.97 Å². The summed E-state index contributed by atoms with van der Waals surface area (Å²) in [5, 5.41) is 11.5. The second-order valence-electron chi connectivity index (χ2n) is 4.84. The molecule has 2 rings (SSSR count). The van der Waals surface area contributed by atoms with Crippen LogP contribution in [0.1, 0.15) is 36.9 Å². The molecule has 4 nitrogen and oxygen atoms in total. The molecule has 1 aromatic rings. The minimum absolute atomic E-state index is 0.0226. The predicted octanol–water partition coefficient (Wildman–Crippen LogP) is 2.37. The van der Waals surface area contributed by atoms with Gasteiger partial charge in [-0.25, -0.2) is 4.79 Å². The summed E-state index contributed by atoms with van der Waals surface area (Å²) in [6.45, 7) is 1.95. The van der Waals surface area contributed by atoms with Crippen LogP contribution in [0.2, 0.25) is 0 Å². The Labute approximate surface area is 112 Å². The van der Waals surface area contributed by atoms with Crippen LogP contribution in [0.3, 0.4) is 0 Å². The number of rotatable bonds is 5. The summed E-state index contributed by atoms with van der Waals surface area (Å²) in [6.07, 6.45) is 4.64. The molecular weight excluding hydrogens is 242 g/mol. The molecule has 1 atom stereocenters. The van der Waals surface area contributed by atoms with Gasteiger partial charge in [-0.05, 0) is 37.0 Å². The van der Waals surface area contributed by atoms with Crippen molar-refractivity contribution in [1.82, 2.24) is 5.32 Å². The van der Waals surface area contributed by atoms with Crippen LogP contribution in [-0.4, -0.2) is 17.0 Å². The standard InChI is InChI=1S/C15H17NO3/c1-10(16-15(19)13-7-8-13)12-5-2-11(3-6-12)4-9-14(17)18/h2-6,9-10,13H,7-8H2,1H3,(H,16,19)(H,17,18)/b9-4+. The molecule has 1 aliphatic rings. The number of aliphatic carboxylic acids is 1. The van der Waals surface area contributed by atoms with Crippen molar-refractivity contribution in [2.45, 2.75) is 25.8 Å². The third-order valence-corrected chi connectivity index (χ3v) is 3.16. The van der Waals surface area contributed by atoms with Crippen molar-refractivity contribution in [3.05, 3.63) is 41.5 Å². The lowest BCUT2D eigenvalue weighted by Crippen LogP contribution is -2.27. The number of carbonyl (C=O) groups excluding carboxylic acids is 1. The van der Waals surface area contributed by atoms with Crippen molar-refractivity contribution >= 4 is 18.0 Å². The second-order valence-corrected chi connectivity index (χ2v) is 4.84. The molecule has 1 aromatic carbocycles. The SMILES string of the molecule is CC(NC(=O)C1CC1)c1ccc(/C=C/C(=O)O)cc1. The van der Waals surface area contributed by atoms with Gasteiger partial charge in [0.1, 0.15) is 0 Å². The van der Waals surface area contributed by atoms with Crippen molar-refractivity contribution in [3.8, 4) is 0 Å². The molecule has 1 fully saturated rings. The summed E-state index contributed by atoms with van der Waals surface area (Å²) in [4.78, 5) is 22.1. The molecule has 4 heteroatoms. The molecule has 19 heavy (non-hydrogen) atoms. The maximum Gasteiger partial charge on any atom is 0.328 e. The van der Waals surface area contributed by atoms with Gasteiger partial charge in [0.2, 0.25) is 5.91 Å². The van der Waals surface area contributed by atoms with E-state index in [2.05, 4.69) is 5.32 Å². The van der Waals surface area contributed by atoms with Gasteiger partial charge in [-0.2, -0.15) is 0 Å². The molecule has 1 unspecified atom stereocenters. The Morgan fingerprint density at radius 1 is 1.32 bits per heavy atom. The van der Waals surface area contributed by atoms with Gasteiger partial charge in [0.15, 0.2) is 0 Å².